The summed E-state index contributed by atoms with van der Waals surface area (Å²) < 4.78 is 5.58. The first-order chi connectivity index (χ1) is 9.51. The standard InChI is InChI=1S/C16H24BrNO2/c1-12(2)9-14(11-17)18-16(19)7-8-20-15-6-4-5-13(3)10-15/h4-6,10,12,14H,7-9,11H2,1-3H3,(H,18,19). The molecule has 1 unspecified atom stereocenters. The second-order valence-electron chi connectivity index (χ2n) is 5.46. The summed E-state index contributed by atoms with van der Waals surface area (Å²) in [5.74, 6) is 1.43. The highest BCUT2D eigenvalue weighted by molar-refractivity contribution is 9.09. The quantitative estimate of drug-likeness (QED) is 0.732. The maximum Gasteiger partial charge on any atom is 0.223 e. The first kappa shape index (κ1) is 17.0. The van der Waals surface area contributed by atoms with Crippen LogP contribution < -0.4 is 10.1 Å². The summed E-state index contributed by atoms with van der Waals surface area (Å²) in [4.78, 5) is 11.8. The Bertz CT molecular complexity index is 421. The Morgan fingerprint density at radius 3 is 2.75 bits per heavy atom. The van der Waals surface area contributed by atoms with Gasteiger partial charge in [0.25, 0.3) is 0 Å². The molecule has 0 saturated heterocycles. The number of nitrogens with one attached hydrogen (secondary N) is 1. The van der Waals surface area contributed by atoms with E-state index in [0.29, 0.717) is 18.9 Å². The van der Waals surface area contributed by atoms with Crippen LogP contribution in [0.25, 0.3) is 0 Å². The van der Waals surface area contributed by atoms with E-state index in [-0.39, 0.29) is 11.9 Å². The largest absolute Gasteiger partial charge is 0.493 e. The molecule has 112 valence electrons. The molecule has 0 heterocycles. The van der Waals surface area contributed by atoms with E-state index in [0.717, 1.165) is 23.1 Å². The van der Waals surface area contributed by atoms with Crippen LogP contribution in [0, 0.1) is 12.8 Å². The van der Waals surface area contributed by atoms with E-state index in [1.807, 2.05) is 31.2 Å². The predicted octanol–water partition coefficient (Wildman–Crippen LogP) is 3.69. The van der Waals surface area contributed by atoms with Crippen molar-refractivity contribution in [2.75, 3.05) is 11.9 Å². The van der Waals surface area contributed by atoms with Crippen LogP contribution in [0.2, 0.25) is 0 Å². The van der Waals surface area contributed by atoms with Crippen molar-refractivity contribution >= 4 is 21.8 Å². The van der Waals surface area contributed by atoms with Crippen LogP contribution in [-0.4, -0.2) is 23.9 Å². The van der Waals surface area contributed by atoms with Crippen molar-refractivity contribution in [1.29, 1.82) is 0 Å². The number of hydrogen-bond donors (Lipinski definition) is 1. The number of rotatable bonds is 8. The van der Waals surface area contributed by atoms with Crippen molar-refractivity contribution in [3.63, 3.8) is 0 Å². The molecule has 0 spiro atoms. The van der Waals surface area contributed by atoms with E-state index in [9.17, 15) is 4.79 Å². The van der Waals surface area contributed by atoms with Crippen molar-refractivity contribution in [3.05, 3.63) is 29.8 Å². The highest BCUT2D eigenvalue weighted by Gasteiger charge is 2.12. The topological polar surface area (TPSA) is 38.3 Å². The minimum absolute atomic E-state index is 0.0442. The second-order valence-corrected chi connectivity index (χ2v) is 6.11. The van der Waals surface area contributed by atoms with Gasteiger partial charge in [-0.25, -0.2) is 0 Å². The lowest BCUT2D eigenvalue weighted by Crippen LogP contribution is -2.37. The van der Waals surface area contributed by atoms with E-state index in [4.69, 9.17) is 4.74 Å². The molecular weight excluding hydrogens is 318 g/mol. The normalized spacial score (nSPS) is 12.2. The van der Waals surface area contributed by atoms with E-state index >= 15 is 0 Å². The number of halogens is 1. The van der Waals surface area contributed by atoms with Crippen LogP contribution in [-0.2, 0) is 4.79 Å². The van der Waals surface area contributed by atoms with Crippen LogP contribution in [0.4, 0.5) is 0 Å². The first-order valence-corrected chi connectivity index (χ1v) is 8.18. The Morgan fingerprint density at radius 2 is 2.15 bits per heavy atom. The highest BCUT2D eigenvalue weighted by atomic mass is 79.9. The molecule has 4 heteroatoms. The van der Waals surface area contributed by atoms with Crippen molar-refractivity contribution in [2.45, 2.75) is 39.7 Å². The maximum atomic E-state index is 11.8. The number of alkyl halides is 1. The van der Waals surface area contributed by atoms with Crippen LogP contribution in [0.1, 0.15) is 32.3 Å². The molecule has 0 aliphatic heterocycles. The van der Waals surface area contributed by atoms with Crippen molar-refractivity contribution in [3.8, 4) is 5.75 Å². The molecule has 0 saturated carbocycles. The van der Waals surface area contributed by atoms with Gasteiger partial charge >= 0.3 is 0 Å². The van der Waals surface area contributed by atoms with Gasteiger partial charge in [-0.05, 0) is 37.0 Å². The Morgan fingerprint density at radius 1 is 1.40 bits per heavy atom. The summed E-state index contributed by atoms with van der Waals surface area (Å²) in [7, 11) is 0. The number of hydrogen-bond acceptors (Lipinski definition) is 2. The van der Waals surface area contributed by atoms with Crippen molar-refractivity contribution in [2.24, 2.45) is 5.92 Å². The molecule has 20 heavy (non-hydrogen) atoms. The Balaban J connectivity index is 2.29. The fraction of sp³-hybridized carbons (Fsp3) is 0.562. The zero-order valence-electron chi connectivity index (χ0n) is 12.5. The maximum absolute atomic E-state index is 11.8. The molecule has 0 bridgehead atoms. The molecule has 1 atom stereocenters. The van der Waals surface area contributed by atoms with E-state index < -0.39 is 0 Å². The molecule has 1 N–H and O–H groups in total. The van der Waals surface area contributed by atoms with Crippen LogP contribution in [0.15, 0.2) is 24.3 Å². The van der Waals surface area contributed by atoms with Crippen molar-refractivity contribution < 1.29 is 9.53 Å². The molecule has 0 aliphatic carbocycles. The minimum atomic E-state index is 0.0442. The zero-order valence-corrected chi connectivity index (χ0v) is 14.1. The van der Waals surface area contributed by atoms with Gasteiger partial charge in [-0.15, -0.1) is 0 Å². The third kappa shape index (κ3) is 6.94. The third-order valence-electron chi connectivity index (χ3n) is 2.89. The number of carbonyl (C=O) groups excluding carboxylic acids is 1. The Labute approximate surface area is 130 Å². The lowest BCUT2D eigenvalue weighted by molar-refractivity contribution is -0.122. The number of ether oxygens (including phenoxy) is 1. The van der Waals surface area contributed by atoms with Gasteiger partial charge in [0.2, 0.25) is 5.91 Å². The van der Waals surface area contributed by atoms with E-state index in [1.54, 1.807) is 0 Å². The van der Waals surface area contributed by atoms with Gasteiger partial charge < -0.3 is 10.1 Å². The molecule has 0 aromatic heterocycles. The molecule has 1 amide bonds. The number of carbonyl (C=O) groups is 1. The molecule has 1 rings (SSSR count). The molecule has 3 nitrogen and oxygen atoms in total. The summed E-state index contributed by atoms with van der Waals surface area (Å²) >= 11 is 3.44. The van der Waals surface area contributed by atoms with Gasteiger partial charge in [0, 0.05) is 11.4 Å². The number of aryl methyl sites for hydroxylation is 1. The fourth-order valence-electron chi connectivity index (χ4n) is 2.00. The fourth-order valence-corrected chi connectivity index (χ4v) is 2.42. The summed E-state index contributed by atoms with van der Waals surface area (Å²) in [5.41, 5.74) is 1.16. The van der Waals surface area contributed by atoms with Crippen LogP contribution >= 0.6 is 15.9 Å². The minimum Gasteiger partial charge on any atom is -0.493 e. The van der Waals surface area contributed by atoms with E-state index in [1.165, 1.54) is 0 Å². The number of benzene rings is 1. The Hall–Kier alpha value is -1.03. The zero-order chi connectivity index (χ0) is 15.0. The van der Waals surface area contributed by atoms with Gasteiger partial charge in [-0.2, -0.15) is 0 Å². The van der Waals surface area contributed by atoms with Crippen molar-refractivity contribution in [1.82, 2.24) is 5.32 Å². The van der Waals surface area contributed by atoms with Crippen LogP contribution in [0.5, 0.6) is 5.75 Å². The second kappa shape index (κ2) is 9.01. The average Bonchev–Trinajstić information content (AvgIpc) is 2.37. The van der Waals surface area contributed by atoms with Crippen LogP contribution in [0.3, 0.4) is 0 Å². The third-order valence-corrected chi connectivity index (χ3v) is 3.68. The molecule has 1 aromatic carbocycles. The predicted molar refractivity (Wildman–Crippen MR) is 86.5 cm³/mol. The molecule has 0 radical (unpaired) electrons. The summed E-state index contributed by atoms with van der Waals surface area (Å²) in [5, 5.41) is 3.82. The molecular formula is C16H24BrNO2. The number of amides is 1. The van der Waals surface area contributed by atoms with Gasteiger partial charge in [-0.1, -0.05) is 41.9 Å². The average molecular weight is 342 g/mol. The highest BCUT2D eigenvalue weighted by Crippen LogP contribution is 2.12. The Kier molecular flexibility index (Phi) is 7.67. The van der Waals surface area contributed by atoms with Gasteiger partial charge in [0.1, 0.15) is 5.75 Å². The molecule has 0 aliphatic rings. The first-order valence-electron chi connectivity index (χ1n) is 7.06. The van der Waals surface area contributed by atoms with E-state index in [2.05, 4.69) is 35.1 Å². The van der Waals surface area contributed by atoms with Gasteiger partial charge in [0.15, 0.2) is 0 Å². The lowest BCUT2D eigenvalue weighted by atomic mass is 10.1. The lowest BCUT2D eigenvalue weighted by Gasteiger charge is -2.18. The molecule has 0 fully saturated rings. The van der Waals surface area contributed by atoms with Gasteiger partial charge in [0.05, 0.1) is 13.0 Å². The smallest absolute Gasteiger partial charge is 0.223 e. The monoisotopic (exact) mass is 341 g/mol. The van der Waals surface area contributed by atoms with Gasteiger partial charge in [-0.3, -0.25) is 4.79 Å². The summed E-state index contributed by atoms with van der Waals surface area (Å²) in [6, 6.07) is 8.05. The SMILES string of the molecule is Cc1cccc(OCCC(=O)NC(CBr)CC(C)C)c1. The summed E-state index contributed by atoms with van der Waals surface area (Å²) in [6.45, 7) is 6.74. The summed E-state index contributed by atoms with van der Waals surface area (Å²) in [6.07, 6.45) is 1.37. The molecule has 1 aromatic rings.